The highest BCUT2D eigenvalue weighted by Crippen LogP contribution is 2.78. The summed E-state index contributed by atoms with van der Waals surface area (Å²) in [6.45, 7) is 0.0534. The van der Waals surface area contributed by atoms with Gasteiger partial charge in [0, 0.05) is 11.1 Å². The molecule has 1 amide bonds. The fourth-order valence-corrected chi connectivity index (χ4v) is 4.07. The number of fused-ring (bicyclic) bond motifs is 1. The Kier molecular flexibility index (Phi) is 5.00. The quantitative estimate of drug-likeness (QED) is 0.507. The Morgan fingerprint density at radius 3 is 2.52 bits per heavy atom. The summed E-state index contributed by atoms with van der Waals surface area (Å²) in [4.78, 5) is 16.7. The molecule has 31 heavy (non-hydrogen) atoms. The fraction of sp³-hybridized carbons (Fsp3) is 0.286. The van der Waals surface area contributed by atoms with Crippen LogP contribution >= 0.6 is 34.8 Å². The highest BCUT2D eigenvalue weighted by Gasteiger charge is 2.88. The molecule has 0 spiro atoms. The summed E-state index contributed by atoms with van der Waals surface area (Å²) in [7, 11) is 0. The maximum atomic E-state index is 12.3. The second-order valence-corrected chi connectivity index (χ2v) is 8.94. The number of rotatable bonds is 8. The van der Waals surface area contributed by atoms with Crippen LogP contribution in [0.4, 0.5) is 0 Å². The zero-order valence-electron chi connectivity index (χ0n) is 16.0. The average molecular weight is 481 g/mol. The van der Waals surface area contributed by atoms with Crippen LogP contribution in [0.3, 0.4) is 0 Å². The molecular formula is C21H16Cl3N3O4. The van der Waals surface area contributed by atoms with Gasteiger partial charge in [-0.05, 0) is 49.2 Å². The number of carbonyl (C=O) groups is 1. The molecule has 2 aliphatic carbocycles. The largest absolute Gasteiger partial charge is 0.485 e. The molecule has 0 saturated heterocycles. The van der Waals surface area contributed by atoms with Crippen molar-refractivity contribution in [3.05, 3.63) is 69.2 Å². The number of hydrogen-bond acceptors (Lipinski definition) is 6. The predicted octanol–water partition coefficient (Wildman–Crippen LogP) is 4.59. The van der Waals surface area contributed by atoms with E-state index in [-0.39, 0.29) is 30.1 Å². The Morgan fingerprint density at radius 1 is 1.03 bits per heavy atom. The van der Waals surface area contributed by atoms with Crippen LogP contribution in [0, 0.1) is 0 Å². The number of ether oxygens (including phenoxy) is 2. The van der Waals surface area contributed by atoms with Crippen LogP contribution in [0.2, 0.25) is 15.1 Å². The van der Waals surface area contributed by atoms with Gasteiger partial charge in [-0.3, -0.25) is 4.79 Å². The number of nitrogens with zero attached hydrogens (tertiary/aromatic N) is 2. The smallest absolute Gasteiger partial charge is 0.258 e. The number of benzene rings is 2. The van der Waals surface area contributed by atoms with Gasteiger partial charge in [-0.1, -0.05) is 40.0 Å². The average Bonchev–Trinajstić information content (AvgIpc) is 3.45. The van der Waals surface area contributed by atoms with Gasteiger partial charge in [0.2, 0.25) is 11.7 Å². The first-order chi connectivity index (χ1) is 14.9. The van der Waals surface area contributed by atoms with Crippen molar-refractivity contribution in [3.63, 3.8) is 0 Å². The van der Waals surface area contributed by atoms with E-state index < -0.39 is 0 Å². The molecular weight excluding hydrogens is 465 g/mol. The maximum Gasteiger partial charge on any atom is 0.258 e. The highest BCUT2D eigenvalue weighted by atomic mass is 35.5. The van der Waals surface area contributed by atoms with Gasteiger partial charge < -0.3 is 19.3 Å². The number of amides is 1. The second kappa shape index (κ2) is 7.58. The SMILES string of the molecule is O=C(COc1ccc(Cl)cc1)NC12CC1(c1nc(COc3ccc(Cl)c(Cl)c3)no1)C2. The third-order valence-corrected chi connectivity index (χ3v) is 6.56. The lowest BCUT2D eigenvalue weighted by molar-refractivity contribution is -0.123. The lowest BCUT2D eigenvalue weighted by Crippen LogP contribution is -2.34. The summed E-state index contributed by atoms with van der Waals surface area (Å²) in [6.07, 6.45) is 1.53. The van der Waals surface area contributed by atoms with Gasteiger partial charge in [0.25, 0.3) is 5.91 Å². The minimum Gasteiger partial charge on any atom is -0.485 e. The van der Waals surface area contributed by atoms with Gasteiger partial charge >= 0.3 is 0 Å². The lowest BCUT2D eigenvalue weighted by atomic mass is 10.2. The third-order valence-electron chi connectivity index (χ3n) is 5.57. The number of carbonyl (C=O) groups excluding carboxylic acids is 1. The van der Waals surface area contributed by atoms with E-state index in [9.17, 15) is 4.79 Å². The summed E-state index contributed by atoms with van der Waals surface area (Å²) in [5.41, 5.74) is -0.598. The van der Waals surface area contributed by atoms with Crippen LogP contribution < -0.4 is 14.8 Å². The minimum atomic E-state index is -0.318. The summed E-state index contributed by atoms with van der Waals surface area (Å²) >= 11 is 17.7. The van der Waals surface area contributed by atoms with E-state index in [0.29, 0.717) is 38.3 Å². The van der Waals surface area contributed by atoms with Gasteiger partial charge in [-0.2, -0.15) is 4.98 Å². The summed E-state index contributed by atoms with van der Waals surface area (Å²) in [5.74, 6) is 1.87. The molecule has 0 aliphatic heterocycles. The number of aromatic nitrogens is 2. The fourth-order valence-electron chi connectivity index (χ4n) is 3.66. The molecule has 3 aromatic rings. The van der Waals surface area contributed by atoms with Crippen LogP contribution in [0.1, 0.15) is 24.6 Å². The topological polar surface area (TPSA) is 86.5 Å². The summed E-state index contributed by atoms with van der Waals surface area (Å²) < 4.78 is 16.6. The van der Waals surface area contributed by atoms with Crippen LogP contribution in [0.15, 0.2) is 47.0 Å². The minimum absolute atomic E-state index is 0.0773. The molecule has 2 saturated carbocycles. The van der Waals surface area contributed by atoms with Gasteiger partial charge in [0.15, 0.2) is 13.2 Å². The second-order valence-electron chi connectivity index (χ2n) is 7.69. The van der Waals surface area contributed by atoms with Crippen molar-refractivity contribution in [2.24, 2.45) is 0 Å². The molecule has 1 N–H and O–H groups in total. The molecule has 10 heteroatoms. The standard InChI is InChI=1S/C21H16Cl3N3O4/c22-12-1-3-13(4-2-12)30-9-18(28)26-21-10-20(21,11-21)19-25-17(27-31-19)8-29-14-5-6-15(23)16(24)7-14/h1-7H,8-11H2,(H,26,28). The number of halogens is 3. The van der Waals surface area contributed by atoms with Crippen molar-refractivity contribution in [1.82, 2.24) is 15.5 Å². The van der Waals surface area contributed by atoms with E-state index in [1.54, 1.807) is 42.5 Å². The molecule has 7 nitrogen and oxygen atoms in total. The molecule has 1 aromatic heterocycles. The molecule has 1 heterocycles. The first kappa shape index (κ1) is 20.4. The summed E-state index contributed by atoms with van der Waals surface area (Å²) in [6, 6.07) is 11.8. The van der Waals surface area contributed by atoms with Crippen LogP contribution in [0.5, 0.6) is 11.5 Å². The molecule has 2 aliphatic rings. The molecule has 2 aromatic carbocycles. The maximum absolute atomic E-state index is 12.3. The van der Waals surface area contributed by atoms with Crippen molar-refractivity contribution >= 4 is 40.7 Å². The van der Waals surface area contributed by atoms with Crippen molar-refractivity contribution in [3.8, 4) is 11.5 Å². The molecule has 5 rings (SSSR count). The zero-order chi connectivity index (χ0) is 21.6. The molecule has 0 atom stereocenters. The van der Waals surface area contributed by atoms with E-state index in [2.05, 4.69) is 15.5 Å². The Labute approximate surface area is 192 Å². The van der Waals surface area contributed by atoms with E-state index in [0.717, 1.165) is 12.8 Å². The van der Waals surface area contributed by atoms with Crippen LogP contribution in [-0.4, -0.2) is 28.2 Å². The monoisotopic (exact) mass is 479 g/mol. The molecule has 0 bridgehead atoms. The molecule has 0 unspecified atom stereocenters. The number of nitrogens with one attached hydrogen (secondary N) is 1. The molecule has 160 valence electrons. The van der Waals surface area contributed by atoms with Gasteiger partial charge in [0.1, 0.15) is 11.5 Å². The normalized spacial score (nSPS) is 23.1. The Morgan fingerprint density at radius 2 is 1.77 bits per heavy atom. The Hall–Kier alpha value is -2.48. The Bertz CT molecular complexity index is 1140. The lowest BCUT2D eigenvalue weighted by Gasteiger charge is -2.08. The van der Waals surface area contributed by atoms with Crippen molar-refractivity contribution < 1.29 is 18.8 Å². The van der Waals surface area contributed by atoms with Crippen LogP contribution in [0.25, 0.3) is 0 Å². The van der Waals surface area contributed by atoms with Crippen molar-refractivity contribution in [1.29, 1.82) is 0 Å². The molecule has 0 radical (unpaired) electrons. The first-order valence-electron chi connectivity index (χ1n) is 9.49. The van der Waals surface area contributed by atoms with Gasteiger partial charge in [0.05, 0.1) is 21.0 Å². The highest BCUT2D eigenvalue weighted by molar-refractivity contribution is 6.42. The van der Waals surface area contributed by atoms with Crippen LogP contribution in [-0.2, 0) is 16.8 Å². The Balaban J connectivity index is 1.13. The zero-order valence-corrected chi connectivity index (χ0v) is 18.3. The van der Waals surface area contributed by atoms with Crippen molar-refractivity contribution in [2.45, 2.75) is 30.4 Å². The predicted molar refractivity (Wildman–Crippen MR) is 114 cm³/mol. The third kappa shape index (κ3) is 3.93. The summed E-state index contributed by atoms with van der Waals surface area (Å²) in [5, 5.41) is 8.48. The van der Waals surface area contributed by atoms with Crippen molar-refractivity contribution in [2.75, 3.05) is 6.61 Å². The van der Waals surface area contributed by atoms with E-state index in [1.165, 1.54) is 0 Å². The molecule has 2 fully saturated rings. The number of hydrogen-bond donors (Lipinski definition) is 1. The van der Waals surface area contributed by atoms with Gasteiger partial charge in [-0.15, -0.1) is 0 Å². The van der Waals surface area contributed by atoms with Gasteiger partial charge in [-0.25, -0.2) is 0 Å². The first-order valence-corrected chi connectivity index (χ1v) is 10.6. The van der Waals surface area contributed by atoms with E-state index in [1.807, 2.05) is 0 Å². The van der Waals surface area contributed by atoms with E-state index >= 15 is 0 Å². The van der Waals surface area contributed by atoms with E-state index in [4.69, 9.17) is 48.8 Å².